The van der Waals surface area contributed by atoms with E-state index in [2.05, 4.69) is 41.5 Å². The number of hydrogen-bond donors (Lipinski definition) is 3. The molecule has 0 aromatic carbocycles. The Morgan fingerprint density at radius 1 is 0.333 bits per heavy atom. The van der Waals surface area contributed by atoms with Crippen LogP contribution in [0.3, 0.4) is 0 Å². The van der Waals surface area contributed by atoms with Gasteiger partial charge in [-0.2, -0.15) is 0 Å². The van der Waals surface area contributed by atoms with Crippen LogP contribution >= 0.6 is 15.6 Å². The molecule has 480 valence electrons. The highest BCUT2D eigenvalue weighted by Gasteiger charge is 2.30. The maximum Gasteiger partial charge on any atom is 0.472 e. The van der Waals surface area contributed by atoms with Crippen LogP contribution in [0.2, 0.25) is 0 Å². The first-order valence-corrected chi connectivity index (χ1v) is 35.5. The van der Waals surface area contributed by atoms with E-state index in [-0.39, 0.29) is 25.7 Å². The van der Waals surface area contributed by atoms with Crippen LogP contribution in [0.5, 0.6) is 0 Å². The molecule has 0 aromatic heterocycles. The van der Waals surface area contributed by atoms with Gasteiger partial charge >= 0.3 is 39.5 Å². The number of aliphatic hydroxyl groups is 1. The Morgan fingerprint density at radius 2 is 0.568 bits per heavy atom. The lowest BCUT2D eigenvalue weighted by Crippen LogP contribution is -2.30. The van der Waals surface area contributed by atoms with Crippen molar-refractivity contribution < 1.29 is 80.2 Å². The van der Waals surface area contributed by atoms with Crippen molar-refractivity contribution in [3.8, 4) is 0 Å². The molecule has 0 heterocycles. The van der Waals surface area contributed by atoms with E-state index < -0.39 is 97.5 Å². The molecule has 0 aliphatic heterocycles. The van der Waals surface area contributed by atoms with E-state index in [0.717, 1.165) is 102 Å². The monoisotopic (exact) mass is 1200 g/mol. The molecule has 19 heteroatoms. The van der Waals surface area contributed by atoms with Crippen LogP contribution in [0, 0.1) is 11.8 Å². The minimum absolute atomic E-state index is 0.101. The SMILES string of the molecule is CCCCCCCCCCCCCCCCC(=O)O[C@H](COC(=O)CCCCCCCCCCCCC(C)C)COP(=O)(O)OC[C@@H](O)COP(=O)(O)OC[C@@H](COC(=O)CCCCCCC)OC(=O)CCCCCCCCC(C)C. The molecule has 0 aliphatic carbocycles. The summed E-state index contributed by atoms with van der Waals surface area (Å²) in [6, 6.07) is 0. The minimum Gasteiger partial charge on any atom is -0.462 e. The second-order valence-electron chi connectivity index (χ2n) is 23.4. The van der Waals surface area contributed by atoms with Crippen molar-refractivity contribution >= 4 is 39.5 Å². The van der Waals surface area contributed by atoms with Gasteiger partial charge in [0.05, 0.1) is 26.4 Å². The lowest BCUT2D eigenvalue weighted by atomic mass is 10.0. The molecular formula is C62H120O17P2. The second-order valence-corrected chi connectivity index (χ2v) is 26.3. The number of hydrogen-bond acceptors (Lipinski definition) is 15. The predicted molar refractivity (Wildman–Crippen MR) is 321 cm³/mol. The zero-order chi connectivity index (χ0) is 60.1. The largest absolute Gasteiger partial charge is 0.472 e. The Morgan fingerprint density at radius 3 is 0.840 bits per heavy atom. The van der Waals surface area contributed by atoms with Gasteiger partial charge in [-0.25, -0.2) is 9.13 Å². The van der Waals surface area contributed by atoms with Crippen LogP contribution in [-0.4, -0.2) is 96.7 Å². The number of ether oxygens (including phenoxy) is 4. The van der Waals surface area contributed by atoms with Gasteiger partial charge in [-0.05, 0) is 37.5 Å². The maximum absolute atomic E-state index is 13.0. The fraction of sp³-hybridized carbons (Fsp3) is 0.935. The summed E-state index contributed by atoms with van der Waals surface area (Å²) in [5.41, 5.74) is 0. The Labute approximate surface area is 492 Å². The standard InChI is InChI=1S/C62H120O17P2/c1-7-9-11-13-14-15-16-17-18-19-24-27-34-40-46-61(66)78-58(51-73-60(65)45-39-33-26-23-21-20-22-25-31-36-42-54(3)4)53-77-81(70,71)75-49-56(63)48-74-80(68,69)76-52-57(50-72-59(64)44-38-30-12-10-8-2)79-62(67)47-41-35-29-28-32-37-43-55(5)6/h54-58,63H,7-53H2,1-6H3,(H,68,69)(H,70,71)/t56-,57+,58+/m0/s1. The summed E-state index contributed by atoms with van der Waals surface area (Å²) in [7, 11) is -9.87. The second kappa shape index (κ2) is 54.7. The van der Waals surface area contributed by atoms with E-state index in [9.17, 15) is 43.2 Å². The van der Waals surface area contributed by atoms with Gasteiger partial charge in [0.2, 0.25) is 0 Å². The zero-order valence-corrected chi connectivity index (χ0v) is 53.9. The van der Waals surface area contributed by atoms with Gasteiger partial charge in [0.25, 0.3) is 0 Å². The molecule has 0 fully saturated rings. The van der Waals surface area contributed by atoms with Crippen LogP contribution in [0.4, 0.5) is 0 Å². The number of carbonyl (C=O) groups excluding carboxylic acids is 4. The summed E-state index contributed by atoms with van der Waals surface area (Å²) >= 11 is 0. The molecule has 0 saturated heterocycles. The van der Waals surface area contributed by atoms with Crippen molar-refractivity contribution in [2.45, 2.75) is 323 Å². The van der Waals surface area contributed by atoms with Gasteiger partial charge in [-0.15, -0.1) is 0 Å². The molecule has 81 heavy (non-hydrogen) atoms. The number of phosphoric acid groups is 2. The van der Waals surface area contributed by atoms with Gasteiger partial charge in [0.15, 0.2) is 12.2 Å². The van der Waals surface area contributed by atoms with E-state index in [1.54, 1.807) is 0 Å². The number of aliphatic hydroxyl groups excluding tert-OH is 1. The third-order valence-electron chi connectivity index (χ3n) is 14.2. The quantitative estimate of drug-likeness (QED) is 0.0222. The molecule has 0 radical (unpaired) electrons. The number of rotatable bonds is 61. The molecule has 5 atom stereocenters. The molecule has 0 amide bonds. The topological polar surface area (TPSA) is 237 Å². The van der Waals surface area contributed by atoms with E-state index in [0.29, 0.717) is 31.6 Å². The fourth-order valence-electron chi connectivity index (χ4n) is 9.18. The van der Waals surface area contributed by atoms with Crippen molar-refractivity contribution in [3.63, 3.8) is 0 Å². The highest BCUT2D eigenvalue weighted by atomic mass is 31.2. The number of phosphoric ester groups is 2. The summed E-state index contributed by atoms with van der Waals surface area (Å²) in [5.74, 6) is -0.722. The third kappa shape index (κ3) is 56.9. The fourth-order valence-corrected chi connectivity index (χ4v) is 10.8. The van der Waals surface area contributed by atoms with Crippen molar-refractivity contribution in [3.05, 3.63) is 0 Å². The normalized spacial score (nSPS) is 14.4. The first-order valence-electron chi connectivity index (χ1n) is 32.5. The van der Waals surface area contributed by atoms with E-state index in [1.165, 1.54) is 116 Å². The van der Waals surface area contributed by atoms with Crippen LogP contribution in [0.1, 0.15) is 305 Å². The van der Waals surface area contributed by atoms with Crippen molar-refractivity contribution in [1.29, 1.82) is 0 Å². The van der Waals surface area contributed by atoms with Gasteiger partial charge in [-0.3, -0.25) is 37.3 Å². The van der Waals surface area contributed by atoms with E-state index in [1.807, 2.05) is 0 Å². The highest BCUT2D eigenvalue weighted by molar-refractivity contribution is 7.47. The molecule has 0 saturated carbocycles. The van der Waals surface area contributed by atoms with Gasteiger partial charge in [0, 0.05) is 25.7 Å². The maximum atomic E-state index is 13.0. The first-order chi connectivity index (χ1) is 38.9. The van der Waals surface area contributed by atoms with E-state index >= 15 is 0 Å². The molecule has 2 unspecified atom stereocenters. The Balaban J connectivity index is 5.18. The average molecular weight is 1200 g/mol. The lowest BCUT2D eigenvalue weighted by Gasteiger charge is -2.21. The van der Waals surface area contributed by atoms with E-state index in [4.69, 9.17) is 37.0 Å². The first kappa shape index (κ1) is 79.1. The average Bonchev–Trinajstić information content (AvgIpc) is 3.42. The molecule has 0 aliphatic rings. The molecular weight excluding hydrogens is 1080 g/mol. The Kier molecular flexibility index (Phi) is 53.4. The zero-order valence-electron chi connectivity index (χ0n) is 52.1. The summed E-state index contributed by atoms with van der Waals surface area (Å²) in [5, 5.41) is 10.5. The number of unbranched alkanes of at least 4 members (excludes halogenated alkanes) is 31. The van der Waals surface area contributed by atoms with Gasteiger partial charge < -0.3 is 33.8 Å². The van der Waals surface area contributed by atoms with Gasteiger partial charge in [0.1, 0.15) is 19.3 Å². The summed E-state index contributed by atoms with van der Waals surface area (Å²) < 4.78 is 67.7. The number of esters is 4. The Hall–Kier alpha value is -1.94. The van der Waals surface area contributed by atoms with Crippen molar-refractivity contribution in [1.82, 2.24) is 0 Å². The highest BCUT2D eigenvalue weighted by Crippen LogP contribution is 2.45. The Bertz CT molecular complexity index is 1600. The molecule has 17 nitrogen and oxygen atoms in total. The lowest BCUT2D eigenvalue weighted by molar-refractivity contribution is -0.161. The van der Waals surface area contributed by atoms with Crippen molar-refractivity contribution in [2.24, 2.45) is 11.8 Å². The third-order valence-corrected chi connectivity index (χ3v) is 16.1. The summed E-state index contributed by atoms with van der Waals surface area (Å²) in [4.78, 5) is 71.8. The summed E-state index contributed by atoms with van der Waals surface area (Å²) in [6.45, 7) is 9.30. The van der Waals surface area contributed by atoms with Crippen LogP contribution in [0.15, 0.2) is 0 Å². The van der Waals surface area contributed by atoms with Crippen LogP contribution < -0.4 is 0 Å². The summed E-state index contributed by atoms with van der Waals surface area (Å²) in [6.07, 6.45) is 36.7. The van der Waals surface area contributed by atoms with Gasteiger partial charge in [-0.1, -0.05) is 253 Å². The molecule has 0 spiro atoms. The van der Waals surface area contributed by atoms with Crippen LogP contribution in [-0.2, 0) is 65.4 Å². The molecule has 0 bridgehead atoms. The molecule has 3 N–H and O–H groups in total. The molecule has 0 rings (SSSR count). The van der Waals surface area contributed by atoms with Crippen molar-refractivity contribution in [2.75, 3.05) is 39.6 Å². The molecule has 0 aromatic rings. The minimum atomic E-state index is -4.94. The van der Waals surface area contributed by atoms with Crippen LogP contribution in [0.25, 0.3) is 0 Å². The predicted octanol–water partition coefficient (Wildman–Crippen LogP) is 16.9. The number of carbonyl (C=O) groups is 4. The smallest absolute Gasteiger partial charge is 0.462 e.